The third-order valence-electron chi connectivity index (χ3n) is 4.29. The Kier molecular flexibility index (Phi) is 5.23. The molecule has 0 bridgehead atoms. The number of nitrogens with two attached hydrogens (primary N) is 1. The summed E-state index contributed by atoms with van der Waals surface area (Å²) < 4.78 is 7.67. The highest BCUT2D eigenvalue weighted by Crippen LogP contribution is 2.23. The van der Waals surface area contributed by atoms with Crippen molar-refractivity contribution in [2.45, 2.75) is 32.9 Å². The van der Waals surface area contributed by atoms with Crippen molar-refractivity contribution in [2.24, 2.45) is 5.73 Å². The van der Waals surface area contributed by atoms with E-state index in [0.717, 1.165) is 27.9 Å². The molecule has 3 N–H and O–H groups in total. The summed E-state index contributed by atoms with van der Waals surface area (Å²) in [5.74, 6) is 0.882. The van der Waals surface area contributed by atoms with Crippen molar-refractivity contribution in [1.82, 2.24) is 9.55 Å². The molecule has 2 aromatic carbocycles. The Labute approximate surface area is 152 Å². The number of para-hydroxylation sites is 3. The Balaban J connectivity index is 1.78. The lowest BCUT2D eigenvalue weighted by atomic mass is 10.1. The first-order valence-corrected chi connectivity index (χ1v) is 8.55. The van der Waals surface area contributed by atoms with Gasteiger partial charge in [-0.3, -0.25) is 4.79 Å². The molecule has 6 heteroatoms. The van der Waals surface area contributed by atoms with Crippen LogP contribution in [0, 0.1) is 13.8 Å². The highest BCUT2D eigenvalue weighted by atomic mass is 16.5. The van der Waals surface area contributed by atoms with Crippen molar-refractivity contribution in [2.75, 3.05) is 6.61 Å². The molecule has 1 aromatic heterocycles. The maximum atomic E-state index is 11.4. The number of rotatable bonds is 7. The van der Waals surface area contributed by atoms with Crippen LogP contribution in [0.1, 0.15) is 17.0 Å². The van der Waals surface area contributed by atoms with Gasteiger partial charge in [-0.25, -0.2) is 4.98 Å². The van der Waals surface area contributed by atoms with Gasteiger partial charge >= 0.3 is 0 Å². The molecule has 0 saturated heterocycles. The molecule has 0 spiro atoms. The maximum absolute atomic E-state index is 11.4. The van der Waals surface area contributed by atoms with Gasteiger partial charge in [0.1, 0.15) is 24.3 Å². The molecule has 3 rings (SSSR count). The van der Waals surface area contributed by atoms with E-state index < -0.39 is 12.0 Å². The largest absolute Gasteiger partial charge is 0.490 e. The molecule has 26 heavy (non-hydrogen) atoms. The van der Waals surface area contributed by atoms with Crippen LogP contribution in [0.2, 0.25) is 0 Å². The molecule has 1 atom stereocenters. The highest BCUT2D eigenvalue weighted by molar-refractivity contribution is 5.80. The summed E-state index contributed by atoms with van der Waals surface area (Å²) in [5, 5.41) is 10.5. The lowest BCUT2D eigenvalue weighted by Crippen LogP contribution is -2.26. The first-order chi connectivity index (χ1) is 12.5. The first kappa shape index (κ1) is 17.9. The SMILES string of the molecule is Cc1cccc(C)c1OCC(O)Cn1c(CC(N)=O)nc2ccccc21. The van der Waals surface area contributed by atoms with Gasteiger partial charge in [0.2, 0.25) is 5.91 Å². The molecule has 0 saturated carbocycles. The number of primary amides is 1. The van der Waals surface area contributed by atoms with Crippen molar-refractivity contribution in [3.63, 3.8) is 0 Å². The molecule has 0 fully saturated rings. The minimum Gasteiger partial charge on any atom is -0.490 e. The number of aryl methyl sites for hydroxylation is 2. The molecule has 0 radical (unpaired) electrons. The minimum atomic E-state index is -0.752. The number of ether oxygens (including phenoxy) is 1. The summed E-state index contributed by atoms with van der Waals surface area (Å²) in [4.78, 5) is 15.8. The molecular formula is C20H23N3O3. The van der Waals surface area contributed by atoms with Crippen LogP contribution in [0.15, 0.2) is 42.5 Å². The van der Waals surface area contributed by atoms with E-state index >= 15 is 0 Å². The molecule has 0 aliphatic heterocycles. The second kappa shape index (κ2) is 7.58. The molecule has 136 valence electrons. The van der Waals surface area contributed by atoms with Gasteiger partial charge in [-0.2, -0.15) is 0 Å². The number of imidazole rings is 1. The number of nitrogens with zero attached hydrogens (tertiary/aromatic N) is 2. The minimum absolute atomic E-state index is 0.0269. The number of amides is 1. The summed E-state index contributed by atoms with van der Waals surface area (Å²) in [6.07, 6.45) is -0.725. The molecule has 3 aromatic rings. The van der Waals surface area contributed by atoms with Crippen LogP contribution < -0.4 is 10.5 Å². The monoisotopic (exact) mass is 353 g/mol. The predicted octanol–water partition coefficient (Wildman–Crippen LogP) is 2.12. The van der Waals surface area contributed by atoms with Crippen LogP contribution in [0.5, 0.6) is 5.75 Å². The number of aliphatic hydroxyl groups excluding tert-OH is 1. The van der Waals surface area contributed by atoms with E-state index in [-0.39, 0.29) is 19.6 Å². The second-order valence-corrected chi connectivity index (χ2v) is 6.46. The quantitative estimate of drug-likeness (QED) is 0.681. The summed E-state index contributed by atoms with van der Waals surface area (Å²) in [5.41, 5.74) is 9.02. The summed E-state index contributed by atoms with van der Waals surface area (Å²) in [6.45, 7) is 4.37. The zero-order valence-corrected chi connectivity index (χ0v) is 15.0. The van der Waals surface area contributed by atoms with Crippen LogP contribution >= 0.6 is 0 Å². The lowest BCUT2D eigenvalue weighted by Gasteiger charge is -2.17. The summed E-state index contributed by atoms with van der Waals surface area (Å²) in [7, 11) is 0. The van der Waals surface area contributed by atoms with Crippen molar-refractivity contribution < 1.29 is 14.6 Å². The molecule has 1 unspecified atom stereocenters. The fourth-order valence-corrected chi connectivity index (χ4v) is 3.09. The standard InChI is InChI=1S/C20H23N3O3/c1-13-6-5-7-14(2)20(13)26-12-15(24)11-23-17-9-4-3-8-16(17)22-19(23)10-18(21)25/h3-9,15,24H,10-12H2,1-2H3,(H2,21,25). The Morgan fingerprint density at radius 1 is 1.19 bits per heavy atom. The van der Waals surface area contributed by atoms with E-state index in [1.54, 1.807) is 0 Å². The fourth-order valence-electron chi connectivity index (χ4n) is 3.09. The van der Waals surface area contributed by atoms with Gasteiger partial charge in [-0.1, -0.05) is 30.3 Å². The fraction of sp³-hybridized carbons (Fsp3) is 0.300. The Bertz CT molecular complexity index is 913. The van der Waals surface area contributed by atoms with E-state index in [9.17, 15) is 9.90 Å². The highest BCUT2D eigenvalue weighted by Gasteiger charge is 2.16. The van der Waals surface area contributed by atoms with E-state index in [2.05, 4.69) is 4.98 Å². The molecule has 6 nitrogen and oxygen atoms in total. The first-order valence-electron chi connectivity index (χ1n) is 8.55. The average molecular weight is 353 g/mol. The molecule has 0 aliphatic carbocycles. The summed E-state index contributed by atoms with van der Waals surface area (Å²) in [6, 6.07) is 13.5. The third kappa shape index (κ3) is 3.86. The van der Waals surface area contributed by atoms with E-state index in [0.29, 0.717) is 5.82 Å². The number of aliphatic hydroxyl groups is 1. The third-order valence-corrected chi connectivity index (χ3v) is 4.29. The Morgan fingerprint density at radius 2 is 1.88 bits per heavy atom. The molecule has 0 aliphatic rings. The van der Waals surface area contributed by atoms with Crippen LogP contribution in [0.25, 0.3) is 11.0 Å². The van der Waals surface area contributed by atoms with Crippen molar-refractivity contribution >= 4 is 16.9 Å². The van der Waals surface area contributed by atoms with Gasteiger partial charge in [0, 0.05) is 0 Å². The van der Waals surface area contributed by atoms with E-state index in [1.165, 1.54) is 0 Å². The predicted molar refractivity (Wildman–Crippen MR) is 100 cm³/mol. The van der Waals surface area contributed by atoms with Crippen LogP contribution in [0.3, 0.4) is 0 Å². The van der Waals surface area contributed by atoms with Crippen LogP contribution in [-0.2, 0) is 17.8 Å². The zero-order valence-electron chi connectivity index (χ0n) is 15.0. The molecule has 1 heterocycles. The average Bonchev–Trinajstić information content (AvgIpc) is 2.91. The number of carbonyl (C=O) groups is 1. The van der Waals surface area contributed by atoms with Gasteiger partial charge in [0.15, 0.2) is 0 Å². The zero-order chi connectivity index (χ0) is 18.7. The lowest BCUT2D eigenvalue weighted by molar-refractivity contribution is -0.117. The van der Waals surface area contributed by atoms with Gasteiger partial charge in [0.25, 0.3) is 0 Å². The molecule has 1 amide bonds. The van der Waals surface area contributed by atoms with Crippen molar-refractivity contribution in [3.05, 3.63) is 59.4 Å². The maximum Gasteiger partial charge on any atom is 0.225 e. The van der Waals surface area contributed by atoms with E-state index in [1.807, 2.05) is 60.9 Å². The van der Waals surface area contributed by atoms with Crippen LogP contribution in [0.4, 0.5) is 0 Å². The Hall–Kier alpha value is -2.86. The van der Waals surface area contributed by atoms with Crippen LogP contribution in [-0.4, -0.2) is 33.3 Å². The number of benzene rings is 2. The van der Waals surface area contributed by atoms with Gasteiger partial charge in [0.05, 0.1) is 24.0 Å². The smallest absolute Gasteiger partial charge is 0.225 e. The normalized spacial score (nSPS) is 12.3. The van der Waals surface area contributed by atoms with Crippen molar-refractivity contribution in [3.8, 4) is 5.75 Å². The number of fused-ring (bicyclic) bond motifs is 1. The number of carbonyl (C=O) groups excluding carboxylic acids is 1. The van der Waals surface area contributed by atoms with Gasteiger partial charge < -0.3 is 20.1 Å². The van der Waals surface area contributed by atoms with Gasteiger partial charge in [-0.05, 0) is 37.1 Å². The number of hydrogen-bond donors (Lipinski definition) is 2. The topological polar surface area (TPSA) is 90.4 Å². The number of aromatic nitrogens is 2. The van der Waals surface area contributed by atoms with Gasteiger partial charge in [-0.15, -0.1) is 0 Å². The van der Waals surface area contributed by atoms with Crippen molar-refractivity contribution in [1.29, 1.82) is 0 Å². The summed E-state index contributed by atoms with van der Waals surface area (Å²) >= 11 is 0. The second-order valence-electron chi connectivity index (χ2n) is 6.46. The Morgan fingerprint density at radius 3 is 2.58 bits per heavy atom. The number of hydrogen-bond acceptors (Lipinski definition) is 4. The molecular weight excluding hydrogens is 330 g/mol. The van der Waals surface area contributed by atoms with E-state index in [4.69, 9.17) is 10.5 Å².